The Morgan fingerprint density at radius 2 is 2.33 bits per heavy atom. The van der Waals surface area contributed by atoms with Gasteiger partial charge in [-0.25, -0.2) is 0 Å². The van der Waals surface area contributed by atoms with Gasteiger partial charge in [0.2, 0.25) is 5.91 Å². The van der Waals surface area contributed by atoms with Gasteiger partial charge in [-0.2, -0.15) is 0 Å². The van der Waals surface area contributed by atoms with Crippen molar-refractivity contribution in [1.82, 2.24) is 5.32 Å². The number of aliphatic hydroxyl groups excluding tert-OH is 1. The average Bonchev–Trinajstić information content (AvgIpc) is 2.05. The lowest BCUT2D eigenvalue weighted by Gasteiger charge is -2.26. The molecule has 0 aromatic heterocycles. The molecule has 1 atom stereocenters. The van der Waals surface area contributed by atoms with Gasteiger partial charge >= 0.3 is 0 Å². The number of hydrogen-bond acceptors (Lipinski definition) is 2. The van der Waals surface area contributed by atoms with Crippen molar-refractivity contribution >= 4 is 5.91 Å². The number of carbonyl (C=O) groups is 1. The van der Waals surface area contributed by atoms with E-state index >= 15 is 0 Å². The van der Waals surface area contributed by atoms with Crippen molar-refractivity contribution < 1.29 is 9.90 Å². The van der Waals surface area contributed by atoms with Crippen LogP contribution in [0.1, 0.15) is 26.7 Å². The fourth-order valence-electron chi connectivity index (χ4n) is 0.758. The van der Waals surface area contributed by atoms with E-state index in [0.717, 1.165) is 0 Å². The Labute approximate surface area is 73.5 Å². The van der Waals surface area contributed by atoms with Crippen molar-refractivity contribution in [3.05, 3.63) is 12.7 Å². The third-order valence-corrected chi connectivity index (χ3v) is 1.90. The smallest absolute Gasteiger partial charge is 0.224 e. The molecule has 0 aliphatic rings. The highest BCUT2D eigenvalue weighted by Gasteiger charge is 2.22. The van der Waals surface area contributed by atoms with E-state index in [4.69, 9.17) is 5.11 Å². The second-order valence-electron chi connectivity index (χ2n) is 3.11. The van der Waals surface area contributed by atoms with Crippen LogP contribution in [0, 0.1) is 0 Å². The summed E-state index contributed by atoms with van der Waals surface area (Å²) >= 11 is 0. The van der Waals surface area contributed by atoms with Gasteiger partial charge in [-0.3, -0.25) is 4.79 Å². The van der Waals surface area contributed by atoms with Crippen molar-refractivity contribution in [2.45, 2.75) is 32.2 Å². The van der Waals surface area contributed by atoms with Gasteiger partial charge in [0.05, 0.1) is 12.1 Å². The molecular formula is C9H17NO2. The van der Waals surface area contributed by atoms with Crippen molar-refractivity contribution in [2.75, 3.05) is 6.61 Å². The molecular weight excluding hydrogens is 154 g/mol. The van der Waals surface area contributed by atoms with Crippen LogP contribution in [-0.4, -0.2) is 23.2 Å². The molecule has 12 heavy (non-hydrogen) atoms. The minimum absolute atomic E-state index is 0.0353. The first kappa shape index (κ1) is 11.2. The molecule has 0 heterocycles. The predicted octanol–water partition coefficient (Wildman–Crippen LogP) is 0.840. The van der Waals surface area contributed by atoms with Crippen molar-refractivity contribution in [1.29, 1.82) is 0 Å². The van der Waals surface area contributed by atoms with Gasteiger partial charge in [-0.1, -0.05) is 13.0 Å². The van der Waals surface area contributed by atoms with Crippen molar-refractivity contribution in [3.63, 3.8) is 0 Å². The zero-order valence-electron chi connectivity index (χ0n) is 7.76. The molecule has 0 radical (unpaired) electrons. The molecule has 3 nitrogen and oxygen atoms in total. The first-order valence-electron chi connectivity index (χ1n) is 4.10. The van der Waals surface area contributed by atoms with Crippen LogP contribution < -0.4 is 5.32 Å². The Bertz CT molecular complexity index is 162. The highest BCUT2D eigenvalue weighted by molar-refractivity contribution is 5.78. The summed E-state index contributed by atoms with van der Waals surface area (Å²) in [6, 6.07) is 0. The Hall–Kier alpha value is -0.830. The van der Waals surface area contributed by atoms with Gasteiger partial charge in [0, 0.05) is 6.42 Å². The molecule has 0 bridgehead atoms. The fraction of sp³-hybridized carbons (Fsp3) is 0.667. The summed E-state index contributed by atoms with van der Waals surface area (Å²) < 4.78 is 0. The monoisotopic (exact) mass is 171 g/mol. The molecule has 0 spiro atoms. The summed E-state index contributed by atoms with van der Waals surface area (Å²) in [6.07, 6.45) is 2.56. The van der Waals surface area contributed by atoms with Crippen LogP contribution in [0.4, 0.5) is 0 Å². The molecule has 0 aromatic carbocycles. The standard InChI is InChI=1S/C9H17NO2/c1-4-6-8(12)10-9(3,5-2)7-11/h4,11H,1,5-7H2,2-3H3,(H,10,12). The van der Waals surface area contributed by atoms with Crippen LogP contribution >= 0.6 is 0 Å². The summed E-state index contributed by atoms with van der Waals surface area (Å²) in [5.74, 6) is -0.0941. The maximum atomic E-state index is 11.1. The molecule has 1 unspecified atom stereocenters. The molecule has 0 saturated carbocycles. The number of amides is 1. The summed E-state index contributed by atoms with van der Waals surface area (Å²) in [4.78, 5) is 11.1. The third kappa shape index (κ3) is 3.53. The molecule has 0 saturated heterocycles. The molecule has 1 amide bonds. The van der Waals surface area contributed by atoms with Crippen LogP contribution in [-0.2, 0) is 4.79 Å². The SMILES string of the molecule is C=CCC(=O)NC(C)(CC)CO. The fourth-order valence-corrected chi connectivity index (χ4v) is 0.758. The number of aliphatic hydroxyl groups is 1. The Morgan fingerprint density at radius 1 is 1.75 bits per heavy atom. The largest absolute Gasteiger partial charge is 0.394 e. The van der Waals surface area contributed by atoms with E-state index in [9.17, 15) is 4.79 Å². The topological polar surface area (TPSA) is 49.3 Å². The number of hydrogen-bond donors (Lipinski definition) is 2. The van der Waals surface area contributed by atoms with Crippen LogP contribution in [0.15, 0.2) is 12.7 Å². The third-order valence-electron chi connectivity index (χ3n) is 1.90. The zero-order chi connectivity index (χ0) is 9.61. The van der Waals surface area contributed by atoms with E-state index in [2.05, 4.69) is 11.9 Å². The summed E-state index contributed by atoms with van der Waals surface area (Å²) in [7, 11) is 0. The van der Waals surface area contributed by atoms with Crippen molar-refractivity contribution in [2.24, 2.45) is 0 Å². The van der Waals surface area contributed by atoms with Crippen LogP contribution in [0.5, 0.6) is 0 Å². The van der Waals surface area contributed by atoms with Crippen LogP contribution in [0.2, 0.25) is 0 Å². The minimum Gasteiger partial charge on any atom is -0.394 e. The Balaban J connectivity index is 4.01. The molecule has 3 heteroatoms. The lowest BCUT2D eigenvalue weighted by atomic mass is 10.0. The Kier molecular flexibility index (Phi) is 4.59. The van der Waals surface area contributed by atoms with Crippen molar-refractivity contribution in [3.8, 4) is 0 Å². The molecule has 0 aliphatic heterocycles. The van der Waals surface area contributed by atoms with E-state index in [1.54, 1.807) is 6.08 Å². The van der Waals surface area contributed by atoms with Gasteiger partial charge in [-0.15, -0.1) is 6.58 Å². The molecule has 0 aromatic rings. The number of rotatable bonds is 5. The van der Waals surface area contributed by atoms with E-state index in [1.807, 2.05) is 13.8 Å². The van der Waals surface area contributed by atoms with E-state index in [0.29, 0.717) is 12.8 Å². The van der Waals surface area contributed by atoms with Gasteiger partial charge in [0.15, 0.2) is 0 Å². The van der Waals surface area contributed by atoms with E-state index in [-0.39, 0.29) is 12.5 Å². The quantitative estimate of drug-likeness (QED) is 0.602. The maximum Gasteiger partial charge on any atom is 0.224 e. The van der Waals surface area contributed by atoms with Crippen LogP contribution in [0.3, 0.4) is 0 Å². The second-order valence-corrected chi connectivity index (χ2v) is 3.11. The highest BCUT2D eigenvalue weighted by atomic mass is 16.3. The lowest BCUT2D eigenvalue weighted by Crippen LogP contribution is -2.48. The molecule has 0 fully saturated rings. The van der Waals surface area contributed by atoms with Gasteiger partial charge in [-0.05, 0) is 13.3 Å². The summed E-state index contributed by atoms with van der Waals surface area (Å²) in [6.45, 7) is 7.16. The predicted molar refractivity (Wildman–Crippen MR) is 48.7 cm³/mol. The van der Waals surface area contributed by atoms with E-state index < -0.39 is 5.54 Å². The number of nitrogens with one attached hydrogen (secondary N) is 1. The van der Waals surface area contributed by atoms with Crippen LogP contribution in [0.25, 0.3) is 0 Å². The molecule has 0 rings (SSSR count). The summed E-state index contributed by atoms with van der Waals surface area (Å²) in [5.41, 5.74) is -0.486. The molecule has 70 valence electrons. The minimum atomic E-state index is -0.486. The summed E-state index contributed by atoms with van der Waals surface area (Å²) in [5, 5.41) is 11.7. The number of carbonyl (C=O) groups excluding carboxylic acids is 1. The lowest BCUT2D eigenvalue weighted by molar-refractivity contribution is -0.122. The maximum absolute atomic E-state index is 11.1. The highest BCUT2D eigenvalue weighted by Crippen LogP contribution is 2.07. The Morgan fingerprint density at radius 3 is 2.67 bits per heavy atom. The van der Waals surface area contributed by atoms with E-state index in [1.165, 1.54) is 0 Å². The molecule has 0 aliphatic carbocycles. The average molecular weight is 171 g/mol. The van der Waals surface area contributed by atoms with Gasteiger partial charge in [0.1, 0.15) is 0 Å². The first-order chi connectivity index (χ1) is 5.58. The second kappa shape index (κ2) is 4.93. The van der Waals surface area contributed by atoms with Gasteiger partial charge < -0.3 is 10.4 Å². The molecule has 2 N–H and O–H groups in total. The zero-order valence-corrected chi connectivity index (χ0v) is 7.76. The first-order valence-corrected chi connectivity index (χ1v) is 4.10. The van der Waals surface area contributed by atoms with Gasteiger partial charge in [0.25, 0.3) is 0 Å². The normalized spacial score (nSPS) is 14.9.